The molecule has 0 heterocycles. The molecular weight excluding hydrogens is 389 g/mol. The Morgan fingerprint density at radius 2 is 1.90 bits per heavy atom. The summed E-state index contributed by atoms with van der Waals surface area (Å²) < 4.78 is 22.7. The standard InChI is InChI=1S/C13H29N3O2S.HI/c1-5-7-8-9-12(3)16-13(14-4)15-10-11-19(17,18)6-2;/h12H,5-11H2,1-4H3,(H2,14,15,16);1H. The fourth-order valence-corrected chi connectivity index (χ4v) is 2.37. The van der Waals surface area contributed by atoms with E-state index < -0.39 is 9.84 Å². The number of guanidine groups is 1. The van der Waals surface area contributed by atoms with E-state index in [1.54, 1.807) is 14.0 Å². The fraction of sp³-hybridized carbons (Fsp3) is 0.923. The van der Waals surface area contributed by atoms with Crippen LogP contribution in [-0.4, -0.2) is 45.5 Å². The van der Waals surface area contributed by atoms with Gasteiger partial charge in [0.25, 0.3) is 0 Å². The summed E-state index contributed by atoms with van der Waals surface area (Å²) in [5, 5.41) is 6.31. The van der Waals surface area contributed by atoms with Gasteiger partial charge in [0.1, 0.15) is 0 Å². The van der Waals surface area contributed by atoms with E-state index in [0.29, 0.717) is 18.5 Å². The zero-order valence-electron chi connectivity index (χ0n) is 13.1. The van der Waals surface area contributed by atoms with Crippen molar-refractivity contribution in [1.29, 1.82) is 0 Å². The molecule has 0 aliphatic carbocycles. The number of nitrogens with zero attached hydrogens (tertiary/aromatic N) is 1. The summed E-state index contributed by atoms with van der Waals surface area (Å²) in [6, 6.07) is 0.348. The second kappa shape index (κ2) is 12.7. The first-order chi connectivity index (χ1) is 8.95. The Hall–Kier alpha value is -0.0500. The predicted molar refractivity (Wildman–Crippen MR) is 97.8 cm³/mol. The molecule has 0 aliphatic rings. The van der Waals surface area contributed by atoms with E-state index in [9.17, 15) is 8.42 Å². The van der Waals surface area contributed by atoms with Crippen LogP contribution in [0.2, 0.25) is 0 Å². The third-order valence-corrected chi connectivity index (χ3v) is 4.70. The lowest BCUT2D eigenvalue weighted by molar-refractivity contribution is 0.547. The third-order valence-electron chi connectivity index (χ3n) is 2.99. The Bertz CT molecular complexity index is 359. The Balaban J connectivity index is 0. The quantitative estimate of drug-likeness (QED) is 0.260. The maximum Gasteiger partial charge on any atom is 0.191 e. The highest BCUT2D eigenvalue weighted by molar-refractivity contribution is 14.0. The predicted octanol–water partition coefficient (Wildman–Crippen LogP) is 2.17. The first-order valence-electron chi connectivity index (χ1n) is 7.12. The van der Waals surface area contributed by atoms with Crippen molar-refractivity contribution < 1.29 is 8.42 Å². The first-order valence-corrected chi connectivity index (χ1v) is 8.94. The van der Waals surface area contributed by atoms with Crippen LogP contribution in [0.3, 0.4) is 0 Å². The molecule has 2 N–H and O–H groups in total. The maximum atomic E-state index is 11.4. The molecule has 0 aromatic carbocycles. The van der Waals surface area contributed by atoms with Crippen molar-refractivity contribution in [2.24, 2.45) is 4.99 Å². The summed E-state index contributed by atoms with van der Waals surface area (Å²) in [6.45, 7) is 6.37. The SMILES string of the molecule is CCCCCC(C)NC(=NC)NCCS(=O)(=O)CC.I. The van der Waals surface area contributed by atoms with Crippen molar-refractivity contribution in [3.05, 3.63) is 0 Å². The molecule has 7 heteroatoms. The van der Waals surface area contributed by atoms with E-state index in [2.05, 4.69) is 29.5 Å². The van der Waals surface area contributed by atoms with Gasteiger partial charge in [-0.15, -0.1) is 24.0 Å². The van der Waals surface area contributed by atoms with Crippen LogP contribution < -0.4 is 10.6 Å². The minimum atomic E-state index is -2.91. The van der Waals surface area contributed by atoms with Gasteiger partial charge in [0.15, 0.2) is 15.8 Å². The van der Waals surface area contributed by atoms with Gasteiger partial charge in [0, 0.05) is 25.4 Å². The topological polar surface area (TPSA) is 70.6 Å². The summed E-state index contributed by atoms with van der Waals surface area (Å²) in [5.74, 6) is 1.01. The molecule has 0 spiro atoms. The van der Waals surface area contributed by atoms with Crippen LogP contribution in [0.1, 0.15) is 46.5 Å². The van der Waals surface area contributed by atoms with Gasteiger partial charge in [-0.05, 0) is 13.3 Å². The van der Waals surface area contributed by atoms with Crippen molar-refractivity contribution in [2.45, 2.75) is 52.5 Å². The Morgan fingerprint density at radius 1 is 1.25 bits per heavy atom. The van der Waals surface area contributed by atoms with Crippen LogP contribution in [0.25, 0.3) is 0 Å². The van der Waals surface area contributed by atoms with E-state index in [0.717, 1.165) is 6.42 Å². The van der Waals surface area contributed by atoms with Gasteiger partial charge in [-0.3, -0.25) is 4.99 Å². The first kappa shape index (κ1) is 22.2. The molecule has 0 fully saturated rings. The van der Waals surface area contributed by atoms with Crippen molar-refractivity contribution in [3.8, 4) is 0 Å². The lowest BCUT2D eigenvalue weighted by Crippen LogP contribution is -2.43. The summed E-state index contributed by atoms with van der Waals surface area (Å²) in [5.41, 5.74) is 0. The lowest BCUT2D eigenvalue weighted by atomic mass is 10.1. The summed E-state index contributed by atoms with van der Waals surface area (Å²) >= 11 is 0. The van der Waals surface area contributed by atoms with Gasteiger partial charge in [-0.1, -0.05) is 33.1 Å². The normalized spacial score (nSPS) is 13.5. The summed E-state index contributed by atoms with van der Waals surface area (Å²) in [4.78, 5) is 4.10. The number of nitrogens with one attached hydrogen (secondary N) is 2. The van der Waals surface area contributed by atoms with E-state index in [1.165, 1.54) is 19.3 Å². The lowest BCUT2D eigenvalue weighted by Gasteiger charge is -2.17. The Kier molecular flexibility index (Phi) is 14.1. The van der Waals surface area contributed by atoms with Crippen molar-refractivity contribution in [3.63, 3.8) is 0 Å². The van der Waals surface area contributed by atoms with Gasteiger partial charge >= 0.3 is 0 Å². The smallest absolute Gasteiger partial charge is 0.191 e. The number of sulfone groups is 1. The molecule has 0 rings (SSSR count). The van der Waals surface area contributed by atoms with E-state index >= 15 is 0 Å². The molecule has 0 amide bonds. The van der Waals surface area contributed by atoms with Crippen LogP contribution in [0.5, 0.6) is 0 Å². The number of hydrogen-bond donors (Lipinski definition) is 2. The largest absolute Gasteiger partial charge is 0.355 e. The van der Waals surface area contributed by atoms with Crippen LogP contribution in [0.4, 0.5) is 0 Å². The number of hydrogen-bond acceptors (Lipinski definition) is 3. The zero-order chi connectivity index (χ0) is 14.7. The van der Waals surface area contributed by atoms with Crippen LogP contribution >= 0.6 is 24.0 Å². The summed E-state index contributed by atoms with van der Waals surface area (Å²) in [7, 11) is -1.22. The van der Waals surface area contributed by atoms with Gasteiger partial charge < -0.3 is 10.6 Å². The number of unbranched alkanes of at least 4 members (excludes halogenated alkanes) is 2. The van der Waals surface area contributed by atoms with Crippen LogP contribution in [-0.2, 0) is 9.84 Å². The van der Waals surface area contributed by atoms with Gasteiger partial charge in [-0.25, -0.2) is 8.42 Å². The molecule has 5 nitrogen and oxygen atoms in total. The van der Waals surface area contributed by atoms with Crippen LogP contribution in [0.15, 0.2) is 4.99 Å². The second-order valence-corrected chi connectivity index (χ2v) is 7.25. The second-order valence-electron chi connectivity index (χ2n) is 4.78. The molecule has 122 valence electrons. The summed E-state index contributed by atoms with van der Waals surface area (Å²) in [6.07, 6.45) is 4.76. The molecular formula is C13H30IN3O2S. The average molecular weight is 419 g/mol. The van der Waals surface area contributed by atoms with E-state index in [-0.39, 0.29) is 35.5 Å². The van der Waals surface area contributed by atoms with Crippen LogP contribution in [0, 0.1) is 0 Å². The fourth-order valence-electron chi connectivity index (χ4n) is 1.67. The molecule has 0 saturated heterocycles. The van der Waals surface area contributed by atoms with Crippen molar-refractivity contribution in [2.75, 3.05) is 25.1 Å². The molecule has 0 aromatic rings. The molecule has 20 heavy (non-hydrogen) atoms. The monoisotopic (exact) mass is 419 g/mol. The van der Waals surface area contributed by atoms with Crippen molar-refractivity contribution >= 4 is 39.8 Å². The number of halogens is 1. The molecule has 0 aliphatic heterocycles. The van der Waals surface area contributed by atoms with Gasteiger partial charge in [0.05, 0.1) is 5.75 Å². The van der Waals surface area contributed by atoms with E-state index in [4.69, 9.17) is 0 Å². The number of aliphatic imine (C=N–C) groups is 1. The highest BCUT2D eigenvalue weighted by Gasteiger charge is 2.08. The molecule has 0 saturated carbocycles. The molecule has 0 bridgehead atoms. The molecule has 0 aromatic heterocycles. The maximum absolute atomic E-state index is 11.4. The molecule has 1 atom stereocenters. The Morgan fingerprint density at radius 3 is 2.40 bits per heavy atom. The van der Waals surface area contributed by atoms with Gasteiger partial charge in [-0.2, -0.15) is 0 Å². The highest BCUT2D eigenvalue weighted by atomic mass is 127. The van der Waals surface area contributed by atoms with Crippen molar-refractivity contribution in [1.82, 2.24) is 10.6 Å². The number of rotatable bonds is 9. The zero-order valence-corrected chi connectivity index (χ0v) is 16.3. The minimum Gasteiger partial charge on any atom is -0.355 e. The van der Waals surface area contributed by atoms with E-state index in [1.807, 2.05) is 0 Å². The molecule has 1 unspecified atom stereocenters. The minimum absolute atomic E-state index is 0. The average Bonchev–Trinajstić information content (AvgIpc) is 2.37. The third kappa shape index (κ3) is 11.7. The van der Waals surface area contributed by atoms with Gasteiger partial charge in [0.2, 0.25) is 0 Å². The molecule has 0 radical (unpaired) electrons. The highest BCUT2D eigenvalue weighted by Crippen LogP contribution is 2.02. The Labute approximate surface area is 141 Å².